The van der Waals surface area contributed by atoms with Crippen molar-refractivity contribution < 1.29 is 0 Å². The third kappa shape index (κ3) is 4.01. The van der Waals surface area contributed by atoms with E-state index in [4.69, 9.17) is 11.6 Å². The fraction of sp³-hybridized carbons (Fsp3) is 0.357. The van der Waals surface area contributed by atoms with E-state index in [-0.39, 0.29) is 6.04 Å². The lowest BCUT2D eigenvalue weighted by Gasteiger charge is -2.18. The van der Waals surface area contributed by atoms with Crippen LogP contribution in [0.25, 0.3) is 0 Å². The van der Waals surface area contributed by atoms with Gasteiger partial charge in [-0.15, -0.1) is 11.8 Å². The normalized spacial score (nSPS) is 12.6. The van der Waals surface area contributed by atoms with Crippen LogP contribution in [0.15, 0.2) is 39.8 Å². The molecule has 1 aromatic carbocycles. The summed E-state index contributed by atoms with van der Waals surface area (Å²) in [7, 11) is 1.93. The SMILES string of the molecule is CCNC(CSc1cccc(Br)c1)c1c(Cl)cnn1C. The molecule has 0 amide bonds. The summed E-state index contributed by atoms with van der Waals surface area (Å²) >= 11 is 11.5. The number of halogens is 2. The highest BCUT2D eigenvalue weighted by molar-refractivity contribution is 9.10. The summed E-state index contributed by atoms with van der Waals surface area (Å²) in [6.07, 6.45) is 1.70. The second-order valence-electron chi connectivity index (χ2n) is 4.38. The second kappa shape index (κ2) is 7.50. The van der Waals surface area contributed by atoms with Gasteiger partial charge in [0.1, 0.15) is 0 Å². The van der Waals surface area contributed by atoms with E-state index in [0.29, 0.717) is 5.02 Å². The average molecular weight is 375 g/mol. The van der Waals surface area contributed by atoms with E-state index in [2.05, 4.69) is 45.4 Å². The molecule has 1 unspecified atom stereocenters. The largest absolute Gasteiger partial charge is 0.308 e. The van der Waals surface area contributed by atoms with E-state index >= 15 is 0 Å². The van der Waals surface area contributed by atoms with E-state index < -0.39 is 0 Å². The number of aryl methyl sites for hydroxylation is 1. The van der Waals surface area contributed by atoms with Crippen molar-refractivity contribution in [2.45, 2.75) is 17.9 Å². The second-order valence-corrected chi connectivity index (χ2v) is 6.80. The summed E-state index contributed by atoms with van der Waals surface area (Å²) in [6.45, 7) is 2.99. The van der Waals surface area contributed by atoms with Crippen molar-refractivity contribution in [3.8, 4) is 0 Å². The number of aromatic nitrogens is 2. The Morgan fingerprint density at radius 3 is 2.90 bits per heavy atom. The summed E-state index contributed by atoms with van der Waals surface area (Å²) in [4.78, 5) is 1.24. The fourth-order valence-corrected chi connectivity index (χ4v) is 3.90. The van der Waals surface area contributed by atoms with Crippen LogP contribution in [0.4, 0.5) is 0 Å². The van der Waals surface area contributed by atoms with Gasteiger partial charge in [0.25, 0.3) is 0 Å². The lowest BCUT2D eigenvalue weighted by atomic mass is 10.2. The van der Waals surface area contributed by atoms with Crippen LogP contribution < -0.4 is 5.32 Å². The Morgan fingerprint density at radius 1 is 1.50 bits per heavy atom. The van der Waals surface area contributed by atoms with Gasteiger partial charge in [0.05, 0.1) is 23.0 Å². The van der Waals surface area contributed by atoms with Crippen molar-refractivity contribution in [2.75, 3.05) is 12.3 Å². The van der Waals surface area contributed by atoms with Crippen molar-refractivity contribution in [1.29, 1.82) is 0 Å². The maximum atomic E-state index is 6.24. The molecule has 0 saturated heterocycles. The summed E-state index contributed by atoms with van der Waals surface area (Å²) in [5, 5.41) is 8.41. The molecule has 0 aliphatic carbocycles. The highest BCUT2D eigenvalue weighted by Crippen LogP contribution is 2.29. The zero-order chi connectivity index (χ0) is 14.5. The Balaban J connectivity index is 2.10. The zero-order valence-corrected chi connectivity index (χ0v) is 14.6. The fourth-order valence-electron chi connectivity index (χ4n) is 2.03. The van der Waals surface area contributed by atoms with Gasteiger partial charge in [-0.2, -0.15) is 5.10 Å². The third-order valence-corrected chi connectivity index (χ3v) is 4.80. The molecule has 0 spiro atoms. The molecule has 0 radical (unpaired) electrons. The van der Waals surface area contributed by atoms with Gasteiger partial charge in [0.2, 0.25) is 0 Å². The van der Waals surface area contributed by atoms with Gasteiger partial charge in [0.15, 0.2) is 0 Å². The van der Waals surface area contributed by atoms with Crippen molar-refractivity contribution in [3.63, 3.8) is 0 Å². The Morgan fingerprint density at radius 2 is 2.30 bits per heavy atom. The van der Waals surface area contributed by atoms with Gasteiger partial charge in [0, 0.05) is 22.2 Å². The molecule has 1 N–H and O–H groups in total. The number of nitrogens with zero attached hydrogens (tertiary/aromatic N) is 2. The average Bonchev–Trinajstić information content (AvgIpc) is 2.75. The molecular formula is C14H17BrClN3S. The molecule has 2 rings (SSSR count). The minimum atomic E-state index is 0.184. The number of rotatable bonds is 6. The molecule has 3 nitrogen and oxygen atoms in total. The summed E-state index contributed by atoms with van der Waals surface area (Å²) in [5.41, 5.74) is 1.04. The smallest absolute Gasteiger partial charge is 0.0834 e. The quantitative estimate of drug-likeness (QED) is 0.765. The molecule has 0 fully saturated rings. The Hall–Kier alpha value is -0.490. The lowest BCUT2D eigenvalue weighted by Crippen LogP contribution is -2.25. The van der Waals surface area contributed by atoms with E-state index in [1.54, 1.807) is 18.0 Å². The molecule has 1 heterocycles. The van der Waals surface area contributed by atoms with Gasteiger partial charge >= 0.3 is 0 Å². The summed E-state index contributed by atoms with van der Waals surface area (Å²) < 4.78 is 2.94. The zero-order valence-electron chi connectivity index (χ0n) is 11.4. The van der Waals surface area contributed by atoms with Gasteiger partial charge in [-0.25, -0.2) is 0 Å². The minimum Gasteiger partial charge on any atom is -0.308 e. The molecule has 6 heteroatoms. The summed E-state index contributed by atoms with van der Waals surface area (Å²) in [5.74, 6) is 0.906. The van der Waals surface area contributed by atoms with Crippen molar-refractivity contribution in [3.05, 3.63) is 45.7 Å². The van der Waals surface area contributed by atoms with Crippen LogP contribution in [-0.2, 0) is 7.05 Å². The standard InChI is InChI=1S/C14H17BrClN3S/c1-3-17-13(14-12(16)8-18-19(14)2)9-20-11-6-4-5-10(15)7-11/h4-8,13,17H,3,9H2,1-2H3. The van der Waals surface area contributed by atoms with E-state index in [9.17, 15) is 0 Å². The van der Waals surface area contributed by atoms with Crippen molar-refractivity contribution >= 4 is 39.3 Å². The van der Waals surface area contributed by atoms with Gasteiger partial charge in [-0.1, -0.05) is 40.5 Å². The van der Waals surface area contributed by atoms with E-state index in [1.807, 2.05) is 23.9 Å². The number of thioether (sulfide) groups is 1. The highest BCUT2D eigenvalue weighted by atomic mass is 79.9. The molecule has 0 saturated carbocycles. The summed E-state index contributed by atoms with van der Waals surface area (Å²) in [6, 6.07) is 8.50. The molecule has 1 aromatic heterocycles. The van der Waals surface area contributed by atoms with Gasteiger partial charge in [-0.3, -0.25) is 4.68 Å². The first-order chi connectivity index (χ1) is 9.61. The first kappa shape index (κ1) is 15.9. The Bertz CT molecular complexity index is 554. The van der Waals surface area contributed by atoms with Crippen LogP contribution in [0.1, 0.15) is 18.7 Å². The monoisotopic (exact) mass is 373 g/mol. The molecule has 0 aliphatic heterocycles. The Labute approximate surface area is 137 Å². The number of nitrogens with one attached hydrogen (secondary N) is 1. The maximum Gasteiger partial charge on any atom is 0.0834 e. The molecule has 0 aliphatic rings. The molecular weight excluding hydrogens is 358 g/mol. The Kier molecular flexibility index (Phi) is 5.96. The predicted octanol–water partition coefficient (Wildman–Crippen LogP) is 4.28. The third-order valence-electron chi connectivity index (χ3n) is 2.93. The van der Waals surface area contributed by atoms with Crippen LogP contribution in [-0.4, -0.2) is 22.1 Å². The molecule has 1 atom stereocenters. The van der Waals surface area contributed by atoms with Crippen LogP contribution in [0, 0.1) is 0 Å². The van der Waals surface area contributed by atoms with Gasteiger partial charge < -0.3 is 5.32 Å². The van der Waals surface area contributed by atoms with E-state index in [1.165, 1.54) is 4.90 Å². The topological polar surface area (TPSA) is 29.9 Å². The van der Waals surface area contributed by atoms with Crippen molar-refractivity contribution in [2.24, 2.45) is 7.05 Å². The van der Waals surface area contributed by atoms with Crippen LogP contribution in [0.2, 0.25) is 5.02 Å². The van der Waals surface area contributed by atoms with Crippen LogP contribution in [0.5, 0.6) is 0 Å². The molecule has 2 aromatic rings. The highest BCUT2D eigenvalue weighted by Gasteiger charge is 2.18. The van der Waals surface area contributed by atoms with Crippen molar-refractivity contribution in [1.82, 2.24) is 15.1 Å². The van der Waals surface area contributed by atoms with Crippen LogP contribution >= 0.6 is 39.3 Å². The van der Waals surface area contributed by atoms with E-state index in [0.717, 1.165) is 22.5 Å². The first-order valence-electron chi connectivity index (χ1n) is 6.41. The predicted molar refractivity (Wildman–Crippen MR) is 89.5 cm³/mol. The lowest BCUT2D eigenvalue weighted by molar-refractivity contribution is 0.553. The minimum absolute atomic E-state index is 0.184. The number of benzene rings is 1. The molecule has 20 heavy (non-hydrogen) atoms. The maximum absolute atomic E-state index is 6.24. The number of hydrogen-bond acceptors (Lipinski definition) is 3. The van der Waals surface area contributed by atoms with Crippen LogP contribution in [0.3, 0.4) is 0 Å². The molecule has 108 valence electrons. The molecule has 0 bridgehead atoms. The number of hydrogen-bond donors (Lipinski definition) is 1. The van der Waals surface area contributed by atoms with Gasteiger partial charge in [-0.05, 0) is 24.7 Å². The first-order valence-corrected chi connectivity index (χ1v) is 8.56.